The highest BCUT2D eigenvalue weighted by Crippen LogP contribution is 2.32. The predicted octanol–water partition coefficient (Wildman–Crippen LogP) is 2.75. The summed E-state index contributed by atoms with van der Waals surface area (Å²) in [6.07, 6.45) is 0. The van der Waals surface area contributed by atoms with Crippen LogP contribution in [-0.4, -0.2) is 47.6 Å². The molecule has 0 bridgehead atoms. The van der Waals surface area contributed by atoms with Crippen molar-refractivity contribution in [1.29, 1.82) is 0 Å². The molecule has 0 aliphatic heterocycles. The largest absolute Gasteiger partial charge is 0.279 e. The summed E-state index contributed by atoms with van der Waals surface area (Å²) in [7, 11) is -9.79. The molecule has 1 N–H and O–H groups in total. The van der Waals surface area contributed by atoms with Crippen LogP contribution in [-0.2, 0) is 36.6 Å². The summed E-state index contributed by atoms with van der Waals surface area (Å²) < 4.78 is 96.0. The number of aromatic nitrogens is 1. The van der Waals surface area contributed by atoms with Crippen molar-refractivity contribution >= 4 is 41.0 Å². The van der Waals surface area contributed by atoms with Crippen molar-refractivity contribution in [3.8, 4) is 0 Å². The number of fused-ring (bicyclic) bond motifs is 1. The topological polar surface area (TPSA) is 123 Å². The summed E-state index contributed by atoms with van der Waals surface area (Å²) in [6.45, 7) is -0.0744. The number of nitrogens with one attached hydrogen (secondary N) is 1. The maximum absolute atomic E-state index is 13.8. The quantitative estimate of drug-likeness (QED) is 0.359. The summed E-state index contributed by atoms with van der Waals surface area (Å²) in [5, 5.41) is -0.139. The molecule has 0 radical (unpaired) electrons. The minimum atomic E-state index is -4.49. The maximum Gasteiger partial charge on any atom is 0.279 e. The van der Waals surface area contributed by atoms with Crippen molar-refractivity contribution < 1.29 is 29.6 Å². The third-order valence-corrected chi connectivity index (χ3v) is 10.5. The van der Waals surface area contributed by atoms with E-state index < -0.39 is 45.8 Å². The Morgan fingerprint density at radius 3 is 2.11 bits per heavy atom. The first-order chi connectivity index (χ1) is 16.8. The predicted molar refractivity (Wildman–Crippen MR) is 132 cm³/mol. The van der Waals surface area contributed by atoms with Crippen LogP contribution >= 0.6 is 0 Å². The summed E-state index contributed by atoms with van der Waals surface area (Å²) in [4.78, 5) is -0.593. The Bertz CT molecular complexity index is 1760. The monoisotopic (exact) mass is 551 g/mol. The SMILES string of the molecule is CN(C)S(=O)(=O)NCc1ccc(S(=O)(=O)c2cc3ccccc3n2S(=O)(=O)c2cccc(F)c2)cc1. The van der Waals surface area contributed by atoms with E-state index in [0.717, 1.165) is 16.4 Å². The second-order valence-electron chi connectivity index (χ2n) is 8.02. The van der Waals surface area contributed by atoms with E-state index in [1.165, 1.54) is 62.6 Å². The van der Waals surface area contributed by atoms with Crippen LogP contribution in [0.5, 0.6) is 0 Å². The van der Waals surface area contributed by atoms with Gasteiger partial charge in [-0.05, 0) is 48.0 Å². The highest BCUT2D eigenvalue weighted by atomic mass is 32.2. The lowest BCUT2D eigenvalue weighted by molar-refractivity contribution is 0.505. The van der Waals surface area contributed by atoms with Crippen LogP contribution in [0.3, 0.4) is 0 Å². The van der Waals surface area contributed by atoms with Crippen LogP contribution < -0.4 is 4.72 Å². The molecule has 36 heavy (non-hydrogen) atoms. The number of para-hydroxylation sites is 1. The molecule has 9 nitrogen and oxygen atoms in total. The molecule has 0 atom stereocenters. The first-order valence-electron chi connectivity index (χ1n) is 10.5. The molecule has 1 heterocycles. The molecule has 0 aliphatic carbocycles. The first-order valence-corrected chi connectivity index (χ1v) is 14.8. The van der Waals surface area contributed by atoms with Gasteiger partial charge in [-0.1, -0.05) is 36.4 Å². The molecule has 4 aromatic rings. The van der Waals surface area contributed by atoms with Gasteiger partial charge in [-0.25, -0.2) is 25.2 Å². The van der Waals surface area contributed by atoms with E-state index >= 15 is 0 Å². The second kappa shape index (κ2) is 9.41. The van der Waals surface area contributed by atoms with Gasteiger partial charge in [0.25, 0.3) is 20.2 Å². The van der Waals surface area contributed by atoms with Crippen LogP contribution in [0.2, 0.25) is 0 Å². The van der Waals surface area contributed by atoms with Crippen LogP contribution in [0, 0.1) is 5.82 Å². The van der Waals surface area contributed by atoms with Gasteiger partial charge >= 0.3 is 0 Å². The van der Waals surface area contributed by atoms with E-state index in [1.54, 1.807) is 18.2 Å². The fraction of sp³-hybridized carbons (Fsp3) is 0.130. The van der Waals surface area contributed by atoms with Crippen LogP contribution in [0.25, 0.3) is 10.9 Å². The van der Waals surface area contributed by atoms with Crippen molar-refractivity contribution in [2.75, 3.05) is 14.1 Å². The minimum absolute atomic E-state index is 0.0744. The highest BCUT2D eigenvalue weighted by Gasteiger charge is 2.31. The summed E-state index contributed by atoms with van der Waals surface area (Å²) in [5.74, 6) is -0.780. The Balaban J connectivity index is 1.80. The van der Waals surface area contributed by atoms with Gasteiger partial charge in [-0.15, -0.1) is 0 Å². The van der Waals surface area contributed by atoms with Gasteiger partial charge < -0.3 is 0 Å². The van der Waals surface area contributed by atoms with Gasteiger partial charge in [0.2, 0.25) is 9.84 Å². The normalized spacial score (nSPS) is 12.9. The van der Waals surface area contributed by atoms with Gasteiger partial charge in [0.1, 0.15) is 5.82 Å². The van der Waals surface area contributed by atoms with Crippen molar-refractivity contribution in [3.05, 3.63) is 90.2 Å². The van der Waals surface area contributed by atoms with Crippen molar-refractivity contribution in [3.63, 3.8) is 0 Å². The minimum Gasteiger partial charge on any atom is -0.222 e. The van der Waals surface area contributed by atoms with Gasteiger partial charge in [-0.3, -0.25) is 0 Å². The zero-order chi connectivity index (χ0) is 26.3. The molecule has 3 aromatic carbocycles. The molecule has 0 saturated carbocycles. The van der Waals surface area contributed by atoms with E-state index in [0.29, 0.717) is 14.9 Å². The number of hydrogen-bond acceptors (Lipinski definition) is 6. The van der Waals surface area contributed by atoms with E-state index in [4.69, 9.17) is 0 Å². The van der Waals surface area contributed by atoms with Crippen LogP contribution in [0.1, 0.15) is 5.56 Å². The standard InChI is InChI=1S/C23H22FN3O6S3/c1-26(2)36(32,33)25-16-17-10-12-20(13-11-17)34(28,29)23-14-18-6-3-4-9-22(18)27(23)35(30,31)21-8-5-7-19(24)15-21/h3-15,25H,16H2,1-2H3. The Hall–Kier alpha value is -3.10. The summed E-state index contributed by atoms with van der Waals surface area (Å²) >= 11 is 0. The van der Waals surface area contributed by atoms with Gasteiger partial charge in [0, 0.05) is 26.0 Å². The number of sulfone groups is 1. The zero-order valence-corrected chi connectivity index (χ0v) is 21.6. The molecule has 0 spiro atoms. The Labute approximate surface area is 208 Å². The Morgan fingerprint density at radius 1 is 0.806 bits per heavy atom. The lowest BCUT2D eigenvalue weighted by atomic mass is 10.2. The maximum atomic E-state index is 13.8. The third kappa shape index (κ3) is 4.80. The Kier molecular flexibility index (Phi) is 6.79. The van der Waals surface area contributed by atoms with E-state index in [2.05, 4.69) is 4.72 Å². The molecule has 13 heteroatoms. The third-order valence-electron chi connectivity index (χ3n) is 5.42. The van der Waals surface area contributed by atoms with E-state index in [-0.39, 0.29) is 17.0 Å². The number of halogens is 1. The molecule has 190 valence electrons. The van der Waals surface area contributed by atoms with Crippen molar-refractivity contribution in [2.45, 2.75) is 21.4 Å². The average Bonchev–Trinajstić information content (AvgIpc) is 3.24. The van der Waals surface area contributed by atoms with Crippen molar-refractivity contribution in [2.24, 2.45) is 0 Å². The highest BCUT2D eigenvalue weighted by molar-refractivity contribution is 7.93. The van der Waals surface area contributed by atoms with E-state index in [9.17, 15) is 29.6 Å². The van der Waals surface area contributed by atoms with Crippen molar-refractivity contribution in [1.82, 2.24) is 13.0 Å². The van der Waals surface area contributed by atoms with Crippen LogP contribution in [0.15, 0.2) is 93.7 Å². The Morgan fingerprint density at radius 2 is 1.47 bits per heavy atom. The smallest absolute Gasteiger partial charge is 0.222 e. The molecule has 0 amide bonds. The number of nitrogens with zero attached hydrogens (tertiary/aromatic N) is 2. The van der Waals surface area contributed by atoms with Gasteiger partial charge in [0.05, 0.1) is 15.3 Å². The van der Waals surface area contributed by atoms with Crippen LogP contribution in [0.4, 0.5) is 4.39 Å². The summed E-state index contributed by atoms with van der Waals surface area (Å²) in [6, 6.07) is 17.2. The molecule has 0 unspecified atom stereocenters. The molecule has 4 rings (SSSR count). The first kappa shape index (κ1) is 26.0. The molecule has 0 aliphatic rings. The molecule has 0 saturated heterocycles. The molecular weight excluding hydrogens is 529 g/mol. The average molecular weight is 552 g/mol. The molecular formula is C23H22FN3O6S3. The van der Waals surface area contributed by atoms with E-state index in [1.807, 2.05) is 0 Å². The fourth-order valence-electron chi connectivity index (χ4n) is 3.48. The lowest BCUT2D eigenvalue weighted by Crippen LogP contribution is -2.35. The number of rotatable bonds is 8. The van der Waals surface area contributed by atoms with Gasteiger partial charge in [-0.2, -0.15) is 17.4 Å². The summed E-state index contributed by atoms with van der Waals surface area (Å²) in [5.41, 5.74) is 0.613. The fourth-order valence-corrected chi connectivity index (χ4v) is 7.45. The zero-order valence-electron chi connectivity index (χ0n) is 19.2. The number of hydrogen-bond donors (Lipinski definition) is 1. The lowest BCUT2D eigenvalue weighted by Gasteiger charge is -2.14. The molecule has 0 fully saturated rings. The number of benzene rings is 3. The second-order valence-corrected chi connectivity index (χ2v) is 13.7. The molecule has 1 aromatic heterocycles. The van der Waals surface area contributed by atoms with Gasteiger partial charge in [0.15, 0.2) is 5.03 Å².